The van der Waals surface area contributed by atoms with Crippen LogP contribution in [-0.4, -0.2) is 46.3 Å². The van der Waals surface area contributed by atoms with Crippen LogP contribution in [0.4, 0.5) is 0 Å². The van der Waals surface area contributed by atoms with Gasteiger partial charge in [0.05, 0.1) is 6.26 Å². The quantitative estimate of drug-likeness (QED) is 0.316. The molecule has 1 fully saturated rings. The predicted molar refractivity (Wildman–Crippen MR) is 114 cm³/mol. The number of hydrogen-bond acceptors (Lipinski definition) is 3. The van der Waals surface area contributed by atoms with Crippen LogP contribution in [0, 0.1) is 0 Å². The summed E-state index contributed by atoms with van der Waals surface area (Å²) in [6.45, 7) is 4.93. The minimum absolute atomic E-state index is 0. The highest BCUT2D eigenvalue weighted by atomic mass is 127. The number of guanidine groups is 1. The van der Waals surface area contributed by atoms with Crippen molar-refractivity contribution in [1.29, 1.82) is 0 Å². The second-order valence-electron chi connectivity index (χ2n) is 7.18. The first-order valence-electron chi connectivity index (χ1n) is 8.15. The van der Waals surface area contributed by atoms with Crippen LogP contribution in [0.1, 0.15) is 32.3 Å². The highest BCUT2D eigenvalue weighted by molar-refractivity contribution is 14.0. The van der Waals surface area contributed by atoms with Crippen LogP contribution in [0.2, 0.25) is 0 Å². The molecule has 0 heterocycles. The molecule has 3 N–H and O–H groups in total. The smallest absolute Gasteiger partial charge is 0.209 e. The molecule has 1 aliphatic rings. The number of aliphatic imine (C=N–C) groups is 1. The summed E-state index contributed by atoms with van der Waals surface area (Å²) in [5.41, 5.74) is 0.952. The van der Waals surface area contributed by atoms with Crippen LogP contribution in [0.25, 0.3) is 0 Å². The molecule has 1 aliphatic carbocycles. The molecule has 0 aliphatic heterocycles. The van der Waals surface area contributed by atoms with Crippen molar-refractivity contribution in [3.8, 4) is 0 Å². The molecule has 1 saturated carbocycles. The van der Waals surface area contributed by atoms with Crippen LogP contribution in [0.15, 0.2) is 35.3 Å². The Hall–Kier alpha value is -0.870. The molecule has 1 aromatic rings. The van der Waals surface area contributed by atoms with Gasteiger partial charge in [-0.1, -0.05) is 30.3 Å². The zero-order valence-corrected chi connectivity index (χ0v) is 18.4. The van der Waals surface area contributed by atoms with Crippen LogP contribution in [-0.2, 0) is 15.4 Å². The number of hydrogen-bond donors (Lipinski definition) is 3. The fraction of sp³-hybridized carbons (Fsp3) is 0.588. The molecule has 0 saturated heterocycles. The predicted octanol–water partition coefficient (Wildman–Crippen LogP) is 1.83. The molecule has 6 nitrogen and oxygen atoms in total. The van der Waals surface area contributed by atoms with Crippen molar-refractivity contribution in [3.63, 3.8) is 0 Å². The van der Waals surface area contributed by atoms with Crippen LogP contribution < -0.4 is 15.4 Å². The summed E-state index contributed by atoms with van der Waals surface area (Å²) in [5.74, 6) is 0.681. The van der Waals surface area contributed by atoms with Gasteiger partial charge in [0.2, 0.25) is 10.0 Å². The van der Waals surface area contributed by atoms with Gasteiger partial charge >= 0.3 is 0 Å². The maximum atomic E-state index is 11.4. The summed E-state index contributed by atoms with van der Waals surface area (Å²) in [7, 11) is -1.53. The van der Waals surface area contributed by atoms with Crippen molar-refractivity contribution in [3.05, 3.63) is 35.9 Å². The van der Waals surface area contributed by atoms with E-state index < -0.39 is 15.6 Å². The molecular weight excluding hydrogens is 451 g/mol. The summed E-state index contributed by atoms with van der Waals surface area (Å²) in [5, 5.41) is 6.56. The largest absolute Gasteiger partial charge is 0.356 e. The van der Waals surface area contributed by atoms with E-state index >= 15 is 0 Å². The van der Waals surface area contributed by atoms with Crippen LogP contribution in [0.5, 0.6) is 0 Å². The van der Waals surface area contributed by atoms with Gasteiger partial charge in [0.15, 0.2) is 5.96 Å². The third kappa shape index (κ3) is 7.10. The number of nitrogens with zero attached hydrogens (tertiary/aromatic N) is 1. The van der Waals surface area contributed by atoms with Gasteiger partial charge < -0.3 is 10.6 Å². The Morgan fingerprint density at radius 1 is 1.20 bits per heavy atom. The van der Waals surface area contributed by atoms with Crippen molar-refractivity contribution in [2.24, 2.45) is 4.99 Å². The lowest BCUT2D eigenvalue weighted by molar-refractivity contribution is 0.446. The van der Waals surface area contributed by atoms with E-state index in [1.165, 1.54) is 24.7 Å². The normalized spacial score (nSPS) is 16.7. The molecule has 0 aromatic heterocycles. The van der Waals surface area contributed by atoms with E-state index in [0.29, 0.717) is 12.5 Å². The maximum Gasteiger partial charge on any atom is 0.209 e. The number of sulfonamides is 1. The monoisotopic (exact) mass is 480 g/mol. The summed E-state index contributed by atoms with van der Waals surface area (Å²) < 4.78 is 25.4. The minimum Gasteiger partial charge on any atom is -0.356 e. The molecule has 0 radical (unpaired) electrons. The first-order chi connectivity index (χ1) is 11.2. The lowest BCUT2D eigenvalue weighted by Gasteiger charge is -2.27. The molecule has 0 bridgehead atoms. The summed E-state index contributed by atoms with van der Waals surface area (Å²) in [6.07, 6.45) is 3.50. The van der Waals surface area contributed by atoms with E-state index in [9.17, 15) is 8.42 Å². The third-order valence-electron chi connectivity index (χ3n) is 4.22. The lowest BCUT2D eigenvalue weighted by Crippen LogP contribution is -2.53. The highest BCUT2D eigenvalue weighted by Crippen LogP contribution is 2.47. The summed E-state index contributed by atoms with van der Waals surface area (Å²) in [6, 6.07) is 10.5. The zero-order chi connectivity index (χ0) is 17.8. The standard InChI is InChI=1S/C17H28N4O2S.HI/c1-16(2,21-24(4,22)23)12-19-15(18-3)20-13-17(10-11-17)14-8-6-5-7-9-14;/h5-9,21H,10-13H2,1-4H3,(H2,18,19,20);1H. The van der Waals surface area contributed by atoms with E-state index in [-0.39, 0.29) is 29.4 Å². The molecular formula is C17H29IN4O2S. The first kappa shape index (κ1) is 22.2. The molecule has 0 spiro atoms. The van der Waals surface area contributed by atoms with Gasteiger partial charge in [-0.25, -0.2) is 13.1 Å². The van der Waals surface area contributed by atoms with E-state index in [1.54, 1.807) is 7.05 Å². The van der Waals surface area contributed by atoms with Gasteiger partial charge in [-0.15, -0.1) is 24.0 Å². The van der Waals surface area contributed by atoms with Crippen molar-refractivity contribution in [2.75, 3.05) is 26.4 Å². The van der Waals surface area contributed by atoms with E-state index in [1.807, 2.05) is 19.9 Å². The highest BCUT2D eigenvalue weighted by Gasteiger charge is 2.44. The fourth-order valence-electron chi connectivity index (χ4n) is 2.83. The van der Waals surface area contributed by atoms with Crippen molar-refractivity contribution in [1.82, 2.24) is 15.4 Å². The molecule has 25 heavy (non-hydrogen) atoms. The molecule has 2 rings (SSSR count). The van der Waals surface area contributed by atoms with Crippen molar-refractivity contribution >= 4 is 40.0 Å². The zero-order valence-electron chi connectivity index (χ0n) is 15.3. The van der Waals surface area contributed by atoms with Crippen molar-refractivity contribution < 1.29 is 8.42 Å². The summed E-state index contributed by atoms with van der Waals surface area (Å²) >= 11 is 0. The Bertz CT molecular complexity index is 686. The van der Waals surface area contributed by atoms with Gasteiger partial charge in [0, 0.05) is 31.1 Å². The van der Waals surface area contributed by atoms with E-state index in [0.717, 1.165) is 6.54 Å². The number of halogens is 1. The average Bonchev–Trinajstić information content (AvgIpc) is 3.27. The van der Waals surface area contributed by atoms with Crippen molar-refractivity contribution in [2.45, 2.75) is 37.6 Å². The fourth-order valence-corrected chi connectivity index (χ4v) is 3.90. The second kappa shape index (κ2) is 8.68. The SMILES string of the molecule is CN=C(NCC(C)(C)NS(C)(=O)=O)NCC1(c2ccccc2)CC1.I. The molecule has 142 valence electrons. The second-order valence-corrected chi connectivity index (χ2v) is 8.93. The number of rotatable bonds is 7. The minimum atomic E-state index is -3.25. The Morgan fingerprint density at radius 3 is 2.28 bits per heavy atom. The van der Waals surface area contributed by atoms with E-state index in [2.05, 4.69) is 44.6 Å². The van der Waals surface area contributed by atoms with Crippen LogP contribution >= 0.6 is 24.0 Å². The Kier molecular flexibility index (Phi) is 7.70. The maximum absolute atomic E-state index is 11.4. The molecule has 0 unspecified atom stereocenters. The van der Waals surface area contributed by atoms with E-state index in [4.69, 9.17) is 0 Å². The number of benzene rings is 1. The van der Waals surface area contributed by atoms with Gasteiger partial charge in [-0.3, -0.25) is 4.99 Å². The molecule has 8 heteroatoms. The third-order valence-corrected chi connectivity index (χ3v) is 5.14. The van der Waals surface area contributed by atoms with Crippen LogP contribution in [0.3, 0.4) is 0 Å². The first-order valence-corrected chi connectivity index (χ1v) is 10.0. The van der Waals surface area contributed by atoms with Gasteiger partial charge in [-0.05, 0) is 32.3 Å². The number of nitrogens with one attached hydrogen (secondary N) is 3. The summed E-state index contributed by atoms with van der Waals surface area (Å²) in [4.78, 5) is 4.23. The Balaban J connectivity index is 0.00000312. The van der Waals surface area contributed by atoms with Gasteiger partial charge in [0.25, 0.3) is 0 Å². The van der Waals surface area contributed by atoms with Gasteiger partial charge in [0.1, 0.15) is 0 Å². The van der Waals surface area contributed by atoms with Gasteiger partial charge in [-0.2, -0.15) is 0 Å². The molecule has 0 amide bonds. The Morgan fingerprint density at radius 2 is 1.80 bits per heavy atom. The average molecular weight is 480 g/mol. The Labute approximate surface area is 168 Å². The lowest BCUT2D eigenvalue weighted by atomic mass is 9.96. The topological polar surface area (TPSA) is 82.6 Å². The molecule has 1 aromatic carbocycles. The molecule has 0 atom stereocenters.